The molecule has 0 saturated heterocycles. The van der Waals surface area contributed by atoms with Gasteiger partial charge in [0.05, 0.1) is 11.6 Å². The molecule has 0 aliphatic heterocycles. The summed E-state index contributed by atoms with van der Waals surface area (Å²) in [6.45, 7) is 12.6. The zero-order valence-corrected chi connectivity index (χ0v) is 19.3. The van der Waals surface area contributed by atoms with E-state index < -0.39 is 5.54 Å². The van der Waals surface area contributed by atoms with Gasteiger partial charge in [-0.2, -0.15) is 5.06 Å². The molecule has 166 valence electrons. The monoisotopic (exact) mass is 406 g/mol. The molecule has 0 heterocycles. The van der Waals surface area contributed by atoms with Crippen molar-refractivity contribution in [3.63, 3.8) is 0 Å². The fourth-order valence-corrected chi connectivity index (χ4v) is 4.62. The summed E-state index contributed by atoms with van der Waals surface area (Å²) in [5.74, 6) is 0.702. The maximum atomic E-state index is 10.8. The van der Waals surface area contributed by atoms with E-state index in [-0.39, 0.29) is 11.6 Å². The molecular weight excluding hydrogens is 364 g/mol. The van der Waals surface area contributed by atoms with E-state index in [1.54, 1.807) is 0 Å². The number of hydrogen-bond acceptors (Lipinski definition) is 5. The number of carbonyl (C=O) groups is 1. The fraction of sp³-hybridized carbons (Fsp3) is 0.833. The first kappa shape index (κ1) is 24.1. The van der Waals surface area contributed by atoms with Crippen molar-refractivity contribution < 1.29 is 14.4 Å². The van der Waals surface area contributed by atoms with Crippen LogP contribution in [0.2, 0.25) is 0 Å². The number of rotatable bonds is 11. The third kappa shape index (κ3) is 7.86. The molecule has 1 fully saturated rings. The minimum absolute atomic E-state index is 0.178. The smallest absolute Gasteiger partial charge is 0.293 e. The average Bonchev–Trinajstić information content (AvgIpc) is 2.68. The van der Waals surface area contributed by atoms with Crippen molar-refractivity contribution in [3.8, 4) is 0 Å². The van der Waals surface area contributed by atoms with Crippen molar-refractivity contribution >= 4 is 12.2 Å². The van der Waals surface area contributed by atoms with Gasteiger partial charge in [-0.1, -0.05) is 32.3 Å². The van der Waals surface area contributed by atoms with Gasteiger partial charge in [0.2, 0.25) is 0 Å². The van der Waals surface area contributed by atoms with Crippen molar-refractivity contribution in [2.45, 2.75) is 110 Å². The lowest BCUT2D eigenvalue weighted by molar-refractivity contribution is -0.301. The molecule has 0 N–H and O–H groups in total. The van der Waals surface area contributed by atoms with Crippen LogP contribution in [0.4, 0.5) is 0 Å². The lowest BCUT2D eigenvalue weighted by Gasteiger charge is -2.48. The molecule has 2 aliphatic rings. The zero-order valence-electron chi connectivity index (χ0n) is 19.3. The molecule has 0 aromatic heterocycles. The van der Waals surface area contributed by atoms with Crippen LogP contribution in [-0.2, 0) is 14.4 Å². The topological polar surface area (TPSA) is 51.1 Å². The molecule has 2 aliphatic carbocycles. The fourth-order valence-electron chi connectivity index (χ4n) is 4.62. The first-order valence-electron chi connectivity index (χ1n) is 11.5. The highest BCUT2D eigenvalue weighted by atomic mass is 16.7. The Labute approximate surface area is 177 Å². The number of aliphatic imine (C=N–C) groups is 1. The Morgan fingerprint density at radius 1 is 1.17 bits per heavy atom. The van der Waals surface area contributed by atoms with Gasteiger partial charge in [-0.15, -0.1) is 0 Å². The van der Waals surface area contributed by atoms with Gasteiger partial charge >= 0.3 is 0 Å². The minimum atomic E-state index is -0.394. The first-order valence-corrected chi connectivity index (χ1v) is 11.5. The predicted molar refractivity (Wildman–Crippen MR) is 119 cm³/mol. The Morgan fingerprint density at radius 3 is 2.55 bits per heavy atom. The van der Waals surface area contributed by atoms with Gasteiger partial charge in [0.1, 0.15) is 6.61 Å². The Bertz CT molecular complexity index is 562. The van der Waals surface area contributed by atoms with Crippen LogP contribution in [0.3, 0.4) is 0 Å². The van der Waals surface area contributed by atoms with Crippen LogP contribution >= 0.6 is 0 Å². The van der Waals surface area contributed by atoms with Gasteiger partial charge in [-0.05, 0) is 78.2 Å². The highest BCUT2D eigenvalue weighted by Crippen LogP contribution is 2.33. The van der Waals surface area contributed by atoms with Crippen LogP contribution in [0.1, 0.15) is 92.4 Å². The van der Waals surface area contributed by atoms with E-state index in [9.17, 15) is 4.79 Å². The number of hydrogen-bond donors (Lipinski definition) is 0. The molecule has 2 rings (SSSR count). The van der Waals surface area contributed by atoms with E-state index in [0.29, 0.717) is 19.0 Å². The second kappa shape index (κ2) is 11.3. The van der Waals surface area contributed by atoms with Crippen LogP contribution in [0.5, 0.6) is 0 Å². The highest BCUT2D eigenvalue weighted by Gasteiger charge is 2.41. The number of hydroxylamine groups is 2. The summed E-state index contributed by atoms with van der Waals surface area (Å²) in [5, 5.41) is 2.12. The van der Waals surface area contributed by atoms with Gasteiger partial charge in [0.25, 0.3) is 6.47 Å². The van der Waals surface area contributed by atoms with Gasteiger partial charge in [-0.25, -0.2) is 0 Å². The third-order valence-corrected chi connectivity index (χ3v) is 6.08. The molecule has 5 nitrogen and oxygen atoms in total. The van der Waals surface area contributed by atoms with E-state index in [1.165, 1.54) is 25.0 Å². The summed E-state index contributed by atoms with van der Waals surface area (Å²) in [4.78, 5) is 22.2. The largest absolute Gasteiger partial charge is 0.466 e. The van der Waals surface area contributed by atoms with Crippen LogP contribution in [0.15, 0.2) is 17.1 Å². The van der Waals surface area contributed by atoms with Crippen molar-refractivity contribution in [1.29, 1.82) is 0 Å². The number of nitrogens with zero attached hydrogens (tertiary/aromatic N) is 2. The maximum absolute atomic E-state index is 10.8. The van der Waals surface area contributed by atoms with Crippen LogP contribution < -0.4 is 0 Å². The van der Waals surface area contributed by atoms with E-state index in [4.69, 9.17) is 14.6 Å². The summed E-state index contributed by atoms with van der Waals surface area (Å²) in [5.41, 5.74) is 0.662. The Hall–Kier alpha value is -1.20. The van der Waals surface area contributed by atoms with E-state index in [1.807, 2.05) is 0 Å². The molecule has 0 radical (unpaired) electrons. The Balaban J connectivity index is 1.99. The lowest BCUT2D eigenvalue weighted by atomic mass is 9.92. The molecular formula is C24H42N2O3. The third-order valence-electron chi connectivity index (χ3n) is 6.08. The van der Waals surface area contributed by atoms with Gasteiger partial charge in [-0.3, -0.25) is 14.6 Å². The summed E-state index contributed by atoms with van der Waals surface area (Å²) >= 11 is 0. The van der Waals surface area contributed by atoms with Gasteiger partial charge in [0.15, 0.2) is 0 Å². The highest BCUT2D eigenvalue weighted by molar-refractivity contribution is 5.95. The van der Waals surface area contributed by atoms with Crippen molar-refractivity contribution in [2.75, 3.05) is 13.2 Å². The molecule has 0 aromatic rings. The van der Waals surface area contributed by atoms with Crippen LogP contribution in [-0.4, -0.2) is 47.6 Å². The quantitative estimate of drug-likeness (QED) is 0.259. The summed E-state index contributed by atoms with van der Waals surface area (Å²) in [7, 11) is 0. The number of ether oxygens (including phenoxy) is 1. The second-order valence-corrected chi connectivity index (χ2v) is 10.1. The second-order valence-electron chi connectivity index (χ2n) is 10.1. The van der Waals surface area contributed by atoms with Crippen LogP contribution in [0.25, 0.3) is 0 Å². The zero-order chi connectivity index (χ0) is 21.3. The van der Waals surface area contributed by atoms with E-state index >= 15 is 0 Å². The van der Waals surface area contributed by atoms with Gasteiger partial charge in [0, 0.05) is 17.8 Å². The Kier molecular flexibility index (Phi) is 9.35. The molecule has 5 heteroatoms. The normalized spacial score (nSPS) is 23.0. The molecule has 1 unspecified atom stereocenters. The summed E-state index contributed by atoms with van der Waals surface area (Å²) in [6.07, 6.45) is 14.9. The molecule has 0 aromatic carbocycles. The van der Waals surface area contributed by atoms with E-state index in [0.717, 1.165) is 45.1 Å². The number of allylic oxidation sites excluding steroid dienone is 2. The molecule has 1 atom stereocenters. The lowest BCUT2D eigenvalue weighted by Crippen LogP contribution is -2.58. The molecule has 1 saturated carbocycles. The predicted octanol–water partition coefficient (Wildman–Crippen LogP) is 5.49. The van der Waals surface area contributed by atoms with E-state index in [2.05, 4.69) is 51.8 Å². The standard InChI is InChI=1S/C24H42N2O3/c1-20-11-9-12-21(17-20)25-16-10-15-23(2,3)26(24(4,5)18-28-19-27)29-22-13-7-6-8-14-22/h9,12,19-20,22H,6-8,10-11,13-18H2,1-5H3. The molecule has 0 bridgehead atoms. The van der Waals surface area contributed by atoms with Gasteiger partial charge < -0.3 is 4.74 Å². The van der Waals surface area contributed by atoms with Crippen LogP contribution in [0, 0.1) is 5.92 Å². The average molecular weight is 407 g/mol. The van der Waals surface area contributed by atoms with Crippen molar-refractivity contribution in [1.82, 2.24) is 5.06 Å². The first-order chi connectivity index (χ1) is 13.7. The molecule has 0 amide bonds. The maximum Gasteiger partial charge on any atom is 0.293 e. The van der Waals surface area contributed by atoms with Crippen molar-refractivity contribution in [3.05, 3.63) is 12.2 Å². The summed E-state index contributed by atoms with van der Waals surface area (Å²) < 4.78 is 5.15. The van der Waals surface area contributed by atoms with Crippen molar-refractivity contribution in [2.24, 2.45) is 10.9 Å². The SMILES string of the molecule is CC1CC=CC(=NCCCC(C)(C)N(OC2CCCCC2)C(C)(C)COC=O)C1. The Morgan fingerprint density at radius 2 is 1.90 bits per heavy atom. The molecule has 29 heavy (non-hydrogen) atoms. The number of carbonyl (C=O) groups excluding carboxylic acids is 1. The molecule has 0 spiro atoms. The summed E-state index contributed by atoms with van der Waals surface area (Å²) in [6, 6.07) is 0. The minimum Gasteiger partial charge on any atom is -0.466 e.